The number of aryl methyl sites for hydroxylation is 1. The Labute approximate surface area is 119 Å². The second kappa shape index (κ2) is 6.21. The maximum absolute atomic E-state index is 12.6. The lowest BCUT2D eigenvalue weighted by molar-refractivity contribution is 0.185. The van der Waals surface area contributed by atoms with E-state index in [0.29, 0.717) is 37.1 Å². The summed E-state index contributed by atoms with van der Waals surface area (Å²) in [7, 11) is -0.433. The maximum Gasteiger partial charge on any atom is 0.246 e. The van der Waals surface area contributed by atoms with Gasteiger partial charge in [-0.15, -0.1) is 0 Å². The van der Waals surface area contributed by atoms with Gasteiger partial charge < -0.3 is 10.1 Å². The summed E-state index contributed by atoms with van der Waals surface area (Å²) in [5.74, 6) is 0. The van der Waals surface area contributed by atoms with Gasteiger partial charge in [0.25, 0.3) is 0 Å². The summed E-state index contributed by atoms with van der Waals surface area (Å²) >= 11 is 0. The Balaban J connectivity index is 2.18. The van der Waals surface area contributed by atoms with Gasteiger partial charge in [0.15, 0.2) is 0 Å². The van der Waals surface area contributed by atoms with Crippen molar-refractivity contribution >= 4 is 10.0 Å². The van der Waals surface area contributed by atoms with Crippen LogP contribution in [0.4, 0.5) is 0 Å². The van der Waals surface area contributed by atoms with Crippen molar-refractivity contribution in [3.8, 4) is 0 Å². The van der Waals surface area contributed by atoms with E-state index in [-0.39, 0.29) is 4.90 Å². The van der Waals surface area contributed by atoms with Crippen molar-refractivity contribution in [2.75, 3.05) is 27.3 Å². The molecule has 1 heterocycles. The zero-order valence-electron chi connectivity index (χ0n) is 12.1. The summed E-state index contributed by atoms with van der Waals surface area (Å²) in [6.45, 7) is 2.88. The van der Waals surface area contributed by atoms with Crippen molar-refractivity contribution in [1.82, 2.24) is 19.8 Å². The van der Waals surface area contributed by atoms with Crippen molar-refractivity contribution < 1.29 is 13.2 Å². The number of methoxy groups -OCH3 is 1. The quantitative estimate of drug-likeness (QED) is 0.718. The summed E-state index contributed by atoms with van der Waals surface area (Å²) in [6.07, 6.45) is 2.30. The molecule has 0 unspecified atom stereocenters. The molecule has 1 fully saturated rings. The fourth-order valence-electron chi connectivity index (χ4n) is 1.96. The van der Waals surface area contributed by atoms with Crippen LogP contribution in [0.2, 0.25) is 0 Å². The highest BCUT2D eigenvalue weighted by molar-refractivity contribution is 7.89. The number of likely N-dealkylation sites (N-methyl/N-ethyl adjacent to an activating group) is 1. The van der Waals surface area contributed by atoms with Crippen LogP contribution in [0.5, 0.6) is 0 Å². The highest BCUT2D eigenvalue weighted by atomic mass is 32.2. The minimum absolute atomic E-state index is 0.282. The molecule has 0 spiro atoms. The molecule has 0 radical (unpaired) electrons. The molecule has 0 aliphatic heterocycles. The molecule has 20 heavy (non-hydrogen) atoms. The van der Waals surface area contributed by atoms with E-state index in [1.54, 1.807) is 21.1 Å². The minimum Gasteiger partial charge on any atom is -0.383 e. The van der Waals surface area contributed by atoms with E-state index in [2.05, 4.69) is 15.5 Å². The Hall–Kier alpha value is -0.960. The Morgan fingerprint density at radius 2 is 2.20 bits per heavy atom. The molecule has 1 aromatic heterocycles. The van der Waals surface area contributed by atoms with Crippen LogP contribution in [-0.4, -0.2) is 56.3 Å². The van der Waals surface area contributed by atoms with Crippen molar-refractivity contribution in [2.45, 2.75) is 37.2 Å². The summed E-state index contributed by atoms with van der Waals surface area (Å²) in [5, 5.41) is 10.2. The molecular formula is C12H22N4O3S. The van der Waals surface area contributed by atoms with Gasteiger partial charge in [-0.05, 0) is 19.8 Å². The van der Waals surface area contributed by atoms with Crippen LogP contribution in [0.1, 0.15) is 24.2 Å². The molecule has 0 aromatic carbocycles. The van der Waals surface area contributed by atoms with E-state index in [1.807, 2.05) is 0 Å². The van der Waals surface area contributed by atoms with Gasteiger partial charge in [0, 0.05) is 33.3 Å². The van der Waals surface area contributed by atoms with E-state index in [0.717, 1.165) is 12.8 Å². The average Bonchev–Trinajstić information content (AvgIpc) is 3.16. The van der Waals surface area contributed by atoms with Gasteiger partial charge in [0.05, 0.1) is 18.0 Å². The average molecular weight is 302 g/mol. The van der Waals surface area contributed by atoms with Crippen molar-refractivity contribution in [2.24, 2.45) is 0 Å². The monoisotopic (exact) mass is 302 g/mol. The first-order valence-electron chi connectivity index (χ1n) is 6.69. The SMILES string of the molecule is COCCN(C)S(=O)(=O)c1c(CNC2CC2)n[nH]c1C. The van der Waals surface area contributed by atoms with E-state index in [4.69, 9.17) is 4.74 Å². The van der Waals surface area contributed by atoms with Crippen LogP contribution in [-0.2, 0) is 21.3 Å². The van der Waals surface area contributed by atoms with Gasteiger partial charge in [-0.3, -0.25) is 5.10 Å². The number of H-pyrrole nitrogens is 1. The lowest BCUT2D eigenvalue weighted by Crippen LogP contribution is -2.31. The Bertz CT molecular complexity index is 551. The lowest BCUT2D eigenvalue weighted by atomic mass is 10.3. The van der Waals surface area contributed by atoms with Gasteiger partial charge in [-0.25, -0.2) is 8.42 Å². The third-order valence-electron chi connectivity index (χ3n) is 3.38. The molecule has 7 nitrogen and oxygen atoms in total. The lowest BCUT2D eigenvalue weighted by Gasteiger charge is -2.17. The van der Waals surface area contributed by atoms with Gasteiger partial charge in [-0.1, -0.05) is 0 Å². The zero-order chi connectivity index (χ0) is 14.8. The first-order valence-corrected chi connectivity index (χ1v) is 8.13. The molecule has 0 atom stereocenters. The van der Waals surface area contributed by atoms with Crippen LogP contribution in [0, 0.1) is 6.92 Å². The van der Waals surface area contributed by atoms with Crippen molar-refractivity contribution in [3.63, 3.8) is 0 Å². The summed E-state index contributed by atoms with van der Waals surface area (Å²) < 4.78 is 31.4. The number of nitrogens with zero attached hydrogens (tertiary/aromatic N) is 2. The number of hydrogen-bond acceptors (Lipinski definition) is 5. The Kier molecular flexibility index (Phi) is 4.79. The number of hydrogen-bond donors (Lipinski definition) is 2. The van der Waals surface area contributed by atoms with E-state index in [1.165, 1.54) is 4.31 Å². The summed E-state index contributed by atoms with van der Waals surface area (Å²) in [4.78, 5) is 0.282. The normalized spacial score (nSPS) is 16.0. The summed E-state index contributed by atoms with van der Waals surface area (Å²) in [6, 6.07) is 0.508. The molecule has 0 bridgehead atoms. The first-order chi connectivity index (χ1) is 9.46. The smallest absolute Gasteiger partial charge is 0.246 e. The maximum atomic E-state index is 12.6. The fourth-order valence-corrected chi connectivity index (χ4v) is 3.43. The minimum atomic E-state index is -3.54. The topological polar surface area (TPSA) is 87.3 Å². The number of nitrogens with one attached hydrogen (secondary N) is 2. The van der Waals surface area contributed by atoms with Crippen LogP contribution in [0.15, 0.2) is 4.90 Å². The third-order valence-corrected chi connectivity index (χ3v) is 5.44. The van der Waals surface area contributed by atoms with E-state index < -0.39 is 10.0 Å². The highest BCUT2D eigenvalue weighted by Gasteiger charge is 2.29. The molecule has 2 N–H and O–H groups in total. The largest absolute Gasteiger partial charge is 0.383 e. The predicted octanol–water partition coefficient (Wildman–Crippen LogP) is 0.237. The van der Waals surface area contributed by atoms with Crippen molar-refractivity contribution in [1.29, 1.82) is 0 Å². The van der Waals surface area contributed by atoms with Gasteiger partial charge in [0.2, 0.25) is 10.0 Å². The van der Waals surface area contributed by atoms with Gasteiger partial charge in [-0.2, -0.15) is 9.40 Å². The number of aromatic nitrogens is 2. The third kappa shape index (κ3) is 3.38. The highest BCUT2D eigenvalue weighted by Crippen LogP contribution is 2.23. The predicted molar refractivity (Wildman–Crippen MR) is 74.9 cm³/mol. The van der Waals surface area contributed by atoms with Crippen molar-refractivity contribution in [3.05, 3.63) is 11.4 Å². The number of ether oxygens (including phenoxy) is 1. The Morgan fingerprint density at radius 3 is 2.80 bits per heavy atom. The molecular weight excluding hydrogens is 280 g/mol. The van der Waals surface area contributed by atoms with Crippen LogP contribution < -0.4 is 5.32 Å². The molecule has 114 valence electrons. The van der Waals surface area contributed by atoms with E-state index >= 15 is 0 Å². The molecule has 0 amide bonds. The molecule has 1 aliphatic rings. The summed E-state index contributed by atoms with van der Waals surface area (Å²) in [5.41, 5.74) is 1.13. The van der Waals surface area contributed by atoms with Gasteiger partial charge in [0.1, 0.15) is 4.90 Å². The molecule has 1 aliphatic carbocycles. The first kappa shape index (κ1) is 15.4. The molecule has 0 saturated heterocycles. The van der Waals surface area contributed by atoms with Gasteiger partial charge >= 0.3 is 0 Å². The van der Waals surface area contributed by atoms with Crippen LogP contribution in [0.3, 0.4) is 0 Å². The second-order valence-electron chi connectivity index (χ2n) is 5.10. The van der Waals surface area contributed by atoms with E-state index in [9.17, 15) is 8.42 Å². The van der Waals surface area contributed by atoms with Crippen LogP contribution >= 0.6 is 0 Å². The Morgan fingerprint density at radius 1 is 1.50 bits per heavy atom. The van der Waals surface area contributed by atoms with Crippen LogP contribution in [0.25, 0.3) is 0 Å². The second-order valence-corrected chi connectivity index (χ2v) is 7.08. The number of sulfonamides is 1. The standard InChI is InChI=1S/C12H22N4O3S/c1-9-12(20(17,18)16(2)6-7-19-3)11(15-14-9)8-13-10-4-5-10/h10,13H,4-8H2,1-3H3,(H,14,15). The fraction of sp³-hybridized carbons (Fsp3) is 0.750. The number of rotatable bonds is 8. The number of aromatic amines is 1. The molecule has 2 rings (SSSR count). The zero-order valence-corrected chi connectivity index (χ0v) is 13.0. The molecule has 1 aromatic rings. The molecule has 1 saturated carbocycles. The molecule has 8 heteroatoms.